The Labute approximate surface area is 121 Å². The summed E-state index contributed by atoms with van der Waals surface area (Å²) in [6, 6.07) is 4.22. The third-order valence-corrected chi connectivity index (χ3v) is 3.48. The molecule has 1 aromatic carbocycles. The number of esters is 1. The predicted molar refractivity (Wildman–Crippen MR) is 73.1 cm³/mol. The first-order valence-corrected chi connectivity index (χ1v) is 6.70. The molecule has 2 rings (SSSR count). The molecule has 6 heteroatoms. The fourth-order valence-corrected chi connectivity index (χ4v) is 2.50. The van der Waals surface area contributed by atoms with Gasteiger partial charge in [0.25, 0.3) is 0 Å². The Bertz CT molecular complexity index is 570. The lowest BCUT2D eigenvalue weighted by Crippen LogP contribution is -2.44. The quantitative estimate of drug-likeness (QED) is 0.793. The van der Waals surface area contributed by atoms with Crippen molar-refractivity contribution in [2.24, 2.45) is 5.92 Å². The van der Waals surface area contributed by atoms with Gasteiger partial charge in [-0.15, -0.1) is 0 Å². The number of amides is 1. The molecule has 5 nitrogen and oxygen atoms in total. The van der Waals surface area contributed by atoms with Crippen LogP contribution >= 0.6 is 0 Å². The average molecular weight is 293 g/mol. The molecular formula is C15H16FNO4. The highest BCUT2D eigenvalue weighted by atomic mass is 19.1. The standard InChI is InChI=1S/C15H16FNO4/c1-3-21-15(20)14-12(9(2)18)8-13(19)17(14)11-6-4-10(16)5-7-11/h4-7,12,14H,3,8H2,1-2H3/t12-,14-/m1/s1. The number of hydrogen-bond donors (Lipinski definition) is 0. The van der Waals surface area contributed by atoms with Gasteiger partial charge in [0.05, 0.1) is 12.5 Å². The Balaban J connectivity index is 2.40. The Kier molecular flexibility index (Phi) is 4.35. The lowest BCUT2D eigenvalue weighted by molar-refractivity contribution is -0.147. The van der Waals surface area contributed by atoms with E-state index in [1.807, 2.05) is 0 Å². The predicted octanol–water partition coefficient (Wildman–Crippen LogP) is 1.70. The highest BCUT2D eigenvalue weighted by Crippen LogP contribution is 2.32. The van der Waals surface area contributed by atoms with Crippen LogP contribution in [0.2, 0.25) is 0 Å². The largest absolute Gasteiger partial charge is 0.464 e. The van der Waals surface area contributed by atoms with Crippen molar-refractivity contribution in [2.75, 3.05) is 11.5 Å². The van der Waals surface area contributed by atoms with Gasteiger partial charge in [-0.2, -0.15) is 0 Å². The molecule has 0 aromatic heterocycles. The first-order chi connectivity index (χ1) is 9.95. The van der Waals surface area contributed by atoms with Gasteiger partial charge in [0.2, 0.25) is 5.91 Å². The van der Waals surface area contributed by atoms with Crippen LogP contribution in [0.25, 0.3) is 0 Å². The van der Waals surface area contributed by atoms with Crippen LogP contribution < -0.4 is 4.90 Å². The number of Topliss-reactive ketones (excluding diaryl/α,β-unsaturated/α-hetero) is 1. The van der Waals surface area contributed by atoms with Crippen LogP contribution in [0.5, 0.6) is 0 Å². The summed E-state index contributed by atoms with van der Waals surface area (Å²) in [6.45, 7) is 3.16. The SMILES string of the molecule is CCOC(=O)[C@H]1[C@@H](C(C)=O)CC(=O)N1c1ccc(F)cc1. The first-order valence-electron chi connectivity index (χ1n) is 6.70. The van der Waals surface area contributed by atoms with Crippen LogP contribution in [0, 0.1) is 11.7 Å². The molecule has 0 bridgehead atoms. The third-order valence-electron chi connectivity index (χ3n) is 3.48. The highest BCUT2D eigenvalue weighted by molar-refractivity contribution is 6.07. The maximum atomic E-state index is 13.0. The zero-order chi connectivity index (χ0) is 15.6. The van der Waals surface area contributed by atoms with Crippen LogP contribution in [0.3, 0.4) is 0 Å². The minimum Gasteiger partial charge on any atom is -0.464 e. The van der Waals surface area contributed by atoms with Gasteiger partial charge in [-0.25, -0.2) is 9.18 Å². The van der Waals surface area contributed by atoms with Crippen molar-refractivity contribution in [2.45, 2.75) is 26.3 Å². The lowest BCUT2D eigenvalue weighted by atomic mass is 9.96. The second-order valence-corrected chi connectivity index (χ2v) is 4.86. The second kappa shape index (κ2) is 6.03. The van der Waals surface area contributed by atoms with E-state index in [4.69, 9.17) is 4.74 Å². The molecular weight excluding hydrogens is 277 g/mol. The van der Waals surface area contributed by atoms with Gasteiger partial charge in [-0.05, 0) is 38.1 Å². The number of carbonyl (C=O) groups is 3. The van der Waals surface area contributed by atoms with E-state index in [0.29, 0.717) is 5.69 Å². The summed E-state index contributed by atoms with van der Waals surface area (Å²) in [4.78, 5) is 37.2. The van der Waals surface area contributed by atoms with Crippen LogP contribution in [0.1, 0.15) is 20.3 Å². The summed E-state index contributed by atoms with van der Waals surface area (Å²) >= 11 is 0. The van der Waals surface area contributed by atoms with E-state index in [1.165, 1.54) is 36.1 Å². The van der Waals surface area contributed by atoms with Crippen LogP contribution in [0.4, 0.5) is 10.1 Å². The zero-order valence-electron chi connectivity index (χ0n) is 11.8. The second-order valence-electron chi connectivity index (χ2n) is 4.86. The number of halogens is 1. The fraction of sp³-hybridized carbons (Fsp3) is 0.400. The smallest absolute Gasteiger partial charge is 0.330 e. The summed E-state index contributed by atoms with van der Waals surface area (Å²) < 4.78 is 18.0. The maximum absolute atomic E-state index is 13.0. The highest BCUT2D eigenvalue weighted by Gasteiger charge is 2.47. The van der Waals surface area contributed by atoms with Crippen molar-refractivity contribution in [3.8, 4) is 0 Å². The first kappa shape index (κ1) is 15.2. The third kappa shape index (κ3) is 2.94. The molecule has 0 saturated carbocycles. The van der Waals surface area contributed by atoms with Crippen LogP contribution in [-0.2, 0) is 19.1 Å². The summed E-state index contributed by atoms with van der Waals surface area (Å²) in [5.74, 6) is -2.39. The molecule has 2 atom stereocenters. The van der Waals surface area contributed by atoms with E-state index in [9.17, 15) is 18.8 Å². The zero-order valence-corrected chi connectivity index (χ0v) is 11.8. The fourth-order valence-electron chi connectivity index (χ4n) is 2.50. The van der Waals surface area contributed by atoms with Crippen molar-refractivity contribution in [3.05, 3.63) is 30.1 Å². The molecule has 0 aliphatic carbocycles. The number of anilines is 1. The minimum atomic E-state index is -0.986. The molecule has 0 N–H and O–H groups in total. The molecule has 1 amide bonds. The average Bonchev–Trinajstić information content (AvgIpc) is 2.78. The molecule has 0 unspecified atom stereocenters. The Morgan fingerprint density at radius 2 is 1.95 bits per heavy atom. The van der Waals surface area contributed by atoms with Gasteiger partial charge in [-0.3, -0.25) is 14.5 Å². The number of nitrogens with zero attached hydrogens (tertiary/aromatic N) is 1. The molecule has 1 aliphatic heterocycles. The normalized spacial score (nSPS) is 21.5. The van der Waals surface area contributed by atoms with Gasteiger partial charge in [-0.1, -0.05) is 0 Å². The molecule has 21 heavy (non-hydrogen) atoms. The van der Waals surface area contributed by atoms with Crippen molar-refractivity contribution in [1.82, 2.24) is 0 Å². The van der Waals surface area contributed by atoms with E-state index in [1.54, 1.807) is 6.92 Å². The molecule has 1 aliphatic rings. The lowest BCUT2D eigenvalue weighted by Gasteiger charge is -2.25. The van der Waals surface area contributed by atoms with Crippen molar-refractivity contribution >= 4 is 23.3 Å². The van der Waals surface area contributed by atoms with Gasteiger partial charge in [0.15, 0.2) is 0 Å². The Hall–Kier alpha value is -2.24. The number of carbonyl (C=O) groups excluding carboxylic acids is 3. The van der Waals surface area contributed by atoms with Crippen LogP contribution in [0.15, 0.2) is 24.3 Å². The van der Waals surface area contributed by atoms with Gasteiger partial charge >= 0.3 is 5.97 Å². The Morgan fingerprint density at radius 1 is 1.33 bits per heavy atom. The van der Waals surface area contributed by atoms with Gasteiger partial charge in [0.1, 0.15) is 17.6 Å². The summed E-state index contributed by atoms with van der Waals surface area (Å²) in [5.41, 5.74) is 0.378. The molecule has 0 spiro atoms. The minimum absolute atomic E-state index is 0.0454. The van der Waals surface area contributed by atoms with E-state index in [-0.39, 0.29) is 24.7 Å². The monoisotopic (exact) mass is 293 g/mol. The molecule has 1 saturated heterocycles. The van der Waals surface area contributed by atoms with E-state index in [2.05, 4.69) is 0 Å². The summed E-state index contributed by atoms with van der Waals surface area (Å²) in [5, 5.41) is 0. The van der Waals surface area contributed by atoms with Gasteiger partial charge < -0.3 is 4.74 Å². The maximum Gasteiger partial charge on any atom is 0.330 e. The number of hydrogen-bond acceptors (Lipinski definition) is 4. The number of ketones is 1. The van der Waals surface area contributed by atoms with Crippen molar-refractivity contribution < 1.29 is 23.5 Å². The van der Waals surface area contributed by atoms with Crippen molar-refractivity contribution in [3.63, 3.8) is 0 Å². The molecule has 0 radical (unpaired) electrons. The molecule has 1 aromatic rings. The number of ether oxygens (including phenoxy) is 1. The molecule has 1 heterocycles. The Morgan fingerprint density at radius 3 is 2.48 bits per heavy atom. The summed E-state index contributed by atoms with van der Waals surface area (Å²) in [6.07, 6.45) is -0.0454. The number of benzene rings is 1. The number of rotatable bonds is 4. The van der Waals surface area contributed by atoms with Gasteiger partial charge in [0, 0.05) is 12.1 Å². The van der Waals surface area contributed by atoms with E-state index < -0.39 is 23.7 Å². The van der Waals surface area contributed by atoms with E-state index >= 15 is 0 Å². The molecule has 1 fully saturated rings. The van der Waals surface area contributed by atoms with E-state index in [0.717, 1.165) is 0 Å². The topological polar surface area (TPSA) is 63.7 Å². The summed E-state index contributed by atoms with van der Waals surface area (Å²) in [7, 11) is 0. The van der Waals surface area contributed by atoms with Crippen molar-refractivity contribution in [1.29, 1.82) is 0 Å². The molecule has 112 valence electrons. The van der Waals surface area contributed by atoms with Crippen LogP contribution in [-0.4, -0.2) is 30.3 Å².